The second kappa shape index (κ2) is 6.86. The summed E-state index contributed by atoms with van der Waals surface area (Å²) in [6.07, 6.45) is -3.18. The van der Waals surface area contributed by atoms with Crippen LogP contribution in [0.4, 0.5) is 23.2 Å². The Balaban J connectivity index is 2.07. The summed E-state index contributed by atoms with van der Waals surface area (Å²) in [5, 5.41) is 5.90. The molecule has 9 heteroatoms. The van der Waals surface area contributed by atoms with E-state index in [1.807, 2.05) is 11.9 Å². The Morgan fingerprint density at radius 2 is 1.85 bits per heavy atom. The SMILES string of the molecule is C/C=N\N1C(N2CCN(C)CC2)=Nc2cc(F)c(C(F)(F)F)cc2C1C. The van der Waals surface area contributed by atoms with Crippen molar-refractivity contribution in [3.63, 3.8) is 0 Å². The number of halogens is 4. The van der Waals surface area contributed by atoms with Gasteiger partial charge in [-0.3, -0.25) is 0 Å². The molecule has 0 radical (unpaired) electrons. The molecule has 1 saturated heterocycles. The van der Waals surface area contributed by atoms with Crippen molar-refractivity contribution in [2.24, 2.45) is 10.1 Å². The largest absolute Gasteiger partial charge is 0.419 e. The number of likely N-dealkylation sites (N-methyl/N-ethyl adjacent to an activating group) is 1. The quantitative estimate of drug-likeness (QED) is 0.560. The van der Waals surface area contributed by atoms with Crippen LogP contribution in [0.1, 0.15) is 31.0 Å². The first-order valence-electron chi connectivity index (χ1n) is 8.43. The van der Waals surface area contributed by atoms with Crippen LogP contribution in [0.15, 0.2) is 22.2 Å². The standard InChI is InChI=1S/C17H21F4N5/c1-4-22-26-11(2)12-9-13(17(19,20)21)14(18)10-15(12)23-16(26)25-7-5-24(3)6-8-25/h4,9-11H,5-8H2,1-3H3/b22-4-. The van der Waals surface area contributed by atoms with Crippen molar-refractivity contribution in [1.29, 1.82) is 0 Å². The molecule has 1 aromatic rings. The number of piperazine rings is 1. The van der Waals surface area contributed by atoms with Gasteiger partial charge in [0.25, 0.3) is 0 Å². The molecular weight excluding hydrogens is 350 g/mol. The van der Waals surface area contributed by atoms with Crippen molar-refractivity contribution in [2.75, 3.05) is 33.2 Å². The van der Waals surface area contributed by atoms with Gasteiger partial charge < -0.3 is 9.80 Å². The maximum atomic E-state index is 14.0. The van der Waals surface area contributed by atoms with E-state index in [9.17, 15) is 17.6 Å². The second-order valence-corrected chi connectivity index (χ2v) is 6.48. The van der Waals surface area contributed by atoms with Crippen LogP contribution in [0.2, 0.25) is 0 Å². The zero-order valence-electron chi connectivity index (χ0n) is 14.9. The Morgan fingerprint density at radius 1 is 1.19 bits per heavy atom. The fourth-order valence-corrected chi connectivity index (χ4v) is 3.19. The summed E-state index contributed by atoms with van der Waals surface area (Å²) in [7, 11) is 2.02. The van der Waals surface area contributed by atoms with Gasteiger partial charge in [-0.1, -0.05) is 0 Å². The third-order valence-electron chi connectivity index (χ3n) is 4.69. The Hall–Kier alpha value is -2.16. The molecular formula is C17H21F4N5. The van der Waals surface area contributed by atoms with E-state index in [0.29, 0.717) is 11.5 Å². The van der Waals surface area contributed by atoms with E-state index in [1.54, 1.807) is 25.1 Å². The molecule has 2 aliphatic rings. The molecule has 2 heterocycles. The molecule has 1 unspecified atom stereocenters. The molecule has 26 heavy (non-hydrogen) atoms. The number of aliphatic imine (C=N–C) groups is 1. The third kappa shape index (κ3) is 3.40. The molecule has 142 valence electrons. The molecule has 0 spiro atoms. The van der Waals surface area contributed by atoms with Gasteiger partial charge >= 0.3 is 6.18 Å². The van der Waals surface area contributed by atoms with Gasteiger partial charge in [-0.25, -0.2) is 14.4 Å². The highest BCUT2D eigenvalue weighted by Crippen LogP contribution is 2.41. The highest BCUT2D eigenvalue weighted by atomic mass is 19.4. The van der Waals surface area contributed by atoms with E-state index in [0.717, 1.165) is 38.3 Å². The van der Waals surface area contributed by atoms with E-state index in [4.69, 9.17) is 0 Å². The van der Waals surface area contributed by atoms with Crippen LogP contribution in [-0.4, -0.2) is 60.2 Å². The van der Waals surface area contributed by atoms with Crippen LogP contribution in [0.3, 0.4) is 0 Å². The van der Waals surface area contributed by atoms with Gasteiger partial charge in [-0.15, -0.1) is 0 Å². The zero-order valence-corrected chi connectivity index (χ0v) is 14.9. The molecule has 0 saturated carbocycles. The lowest BCUT2D eigenvalue weighted by Crippen LogP contribution is -2.52. The number of rotatable bonds is 1. The smallest absolute Gasteiger partial charge is 0.338 e. The van der Waals surface area contributed by atoms with Gasteiger partial charge in [0.2, 0.25) is 5.96 Å². The summed E-state index contributed by atoms with van der Waals surface area (Å²) in [6.45, 7) is 6.59. The monoisotopic (exact) mass is 371 g/mol. The maximum Gasteiger partial charge on any atom is 0.419 e. The number of hydrogen-bond donors (Lipinski definition) is 0. The molecule has 1 aromatic carbocycles. The molecule has 2 aliphatic heterocycles. The highest BCUT2D eigenvalue weighted by Gasteiger charge is 2.38. The summed E-state index contributed by atoms with van der Waals surface area (Å²) in [5.74, 6) is -0.771. The Morgan fingerprint density at radius 3 is 2.42 bits per heavy atom. The lowest BCUT2D eigenvalue weighted by Gasteiger charge is -2.41. The van der Waals surface area contributed by atoms with Crippen molar-refractivity contribution in [3.8, 4) is 0 Å². The summed E-state index contributed by atoms with van der Waals surface area (Å²) < 4.78 is 53.2. The van der Waals surface area contributed by atoms with Crippen LogP contribution in [-0.2, 0) is 6.18 Å². The van der Waals surface area contributed by atoms with E-state index in [2.05, 4.69) is 15.0 Å². The molecule has 1 fully saturated rings. The molecule has 1 atom stereocenters. The third-order valence-corrected chi connectivity index (χ3v) is 4.69. The first-order chi connectivity index (χ1) is 12.2. The molecule has 0 bridgehead atoms. The fraction of sp³-hybridized carbons (Fsp3) is 0.529. The van der Waals surface area contributed by atoms with Gasteiger partial charge in [0.05, 0.1) is 17.3 Å². The van der Waals surface area contributed by atoms with E-state index < -0.39 is 23.6 Å². The fourth-order valence-electron chi connectivity index (χ4n) is 3.19. The van der Waals surface area contributed by atoms with Crippen LogP contribution < -0.4 is 0 Å². The summed E-state index contributed by atoms with van der Waals surface area (Å²) in [5.41, 5.74) is -0.747. The molecule has 0 aromatic heterocycles. The molecule has 0 N–H and O–H groups in total. The lowest BCUT2D eigenvalue weighted by atomic mass is 10.00. The Labute approximate surface area is 149 Å². The lowest BCUT2D eigenvalue weighted by molar-refractivity contribution is -0.140. The number of fused-ring (bicyclic) bond motifs is 1. The second-order valence-electron chi connectivity index (χ2n) is 6.48. The van der Waals surface area contributed by atoms with Crippen molar-refractivity contribution < 1.29 is 17.6 Å². The predicted molar refractivity (Wildman–Crippen MR) is 92.0 cm³/mol. The van der Waals surface area contributed by atoms with Crippen LogP contribution in [0.5, 0.6) is 0 Å². The first-order valence-corrected chi connectivity index (χ1v) is 8.43. The Kier molecular flexibility index (Phi) is 4.92. The zero-order chi connectivity index (χ0) is 19.1. The van der Waals surface area contributed by atoms with Crippen molar-refractivity contribution in [3.05, 3.63) is 29.1 Å². The number of guanidine groups is 1. The molecule has 3 rings (SSSR count). The van der Waals surface area contributed by atoms with Crippen LogP contribution in [0, 0.1) is 5.82 Å². The molecule has 0 amide bonds. The number of nitrogens with zero attached hydrogens (tertiary/aromatic N) is 5. The summed E-state index contributed by atoms with van der Waals surface area (Å²) in [6, 6.07) is 1.23. The van der Waals surface area contributed by atoms with E-state index in [-0.39, 0.29) is 5.69 Å². The van der Waals surface area contributed by atoms with Gasteiger partial charge in [-0.2, -0.15) is 18.3 Å². The van der Waals surface area contributed by atoms with Gasteiger partial charge in [0.1, 0.15) is 5.82 Å². The first kappa shape index (κ1) is 18.6. The van der Waals surface area contributed by atoms with Gasteiger partial charge in [0.15, 0.2) is 0 Å². The maximum absolute atomic E-state index is 14.0. The van der Waals surface area contributed by atoms with Gasteiger partial charge in [0, 0.05) is 44.0 Å². The van der Waals surface area contributed by atoms with Crippen LogP contribution >= 0.6 is 0 Å². The average Bonchev–Trinajstić information content (AvgIpc) is 2.56. The minimum Gasteiger partial charge on any atom is -0.338 e. The summed E-state index contributed by atoms with van der Waals surface area (Å²) >= 11 is 0. The van der Waals surface area contributed by atoms with Crippen molar-refractivity contribution in [2.45, 2.75) is 26.1 Å². The minimum atomic E-state index is -4.75. The van der Waals surface area contributed by atoms with Crippen LogP contribution in [0.25, 0.3) is 0 Å². The average molecular weight is 371 g/mol. The predicted octanol–water partition coefficient (Wildman–Crippen LogP) is 3.46. The molecule has 0 aliphatic carbocycles. The molecule has 5 nitrogen and oxygen atoms in total. The minimum absolute atomic E-state index is 0.222. The summed E-state index contributed by atoms with van der Waals surface area (Å²) in [4.78, 5) is 8.67. The number of hydrogen-bond acceptors (Lipinski definition) is 5. The number of benzene rings is 1. The van der Waals surface area contributed by atoms with Crippen molar-refractivity contribution >= 4 is 17.9 Å². The van der Waals surface area contributed by atoms with Crippen molar-refractivity contribution in [1.82, 2.24) is 14.8 Å². The van der Waals surface area contributed by atoms with Gasteiger partial charge in [-0.05, 0) is 27.0 Å². The number of alkyl halides is 3. The normalized spacial score (nSPS) is 22.0. The van der Waals surface area contributed by atoms with E-state index >= 15 is 0 Å². The number of hydrazone groups is 1. The van der Waals surface area contributed by atoms with E-state index in [1.165, 1.54) is 0 Å². The Bertz CT molecular complexity index is 735. The topological polar surface area (TPSA) is 34.4 Å². The highest BCUT2D eigenvalue weighted by molar-refractivity contribution is 5.86.